The zero-order valence-electron chi connectivity index (χ0n) is 21.9. The average Bonchev–Trinajstić information content (AvgIpc) is 3.33. The number of carbonyl (C=O) groups is 6. The van der Waals surface area contributed by atoms with Crippen LogP contribution >= 0.6 is 0 Å². The van der Waals surface area contributed by atoms with Gasteiger partial charge in [-0.15, -0.1) is 0 Å². The van der Waals surface area contributed by atoms with Crippen LogP contribution in [0.3, 0.4) is 0 Å². The molecule has 6 atom stereocenters. The van der Waals surface area contributed by atoms with Crippen molar-refractivity contribution < 1.29 is 33.9 Å². The molecule has 0 spiro atoms. The van der Waals surface area contributed by atoms with Gasteiger partial charge in [-0.2, -0.15) is 0 Å². The van der Waals surface area contributed by atoms with E-state index in [-0.39, 0.29) is 0 Å². The number of rotatable bonds is 14. The molecule has 1 heterocycles. The number of unbranched alkanes of at least 4 members (excludes halogenated alkanes) is 1. The normalized spacial score (nSPS) is 19.1. The maximum atomic E-state index is 12.6. The maximum Gasteiger partial charge on any atom is 0.326 e. The van der Waals surface area contributed by atoms with Crippen molar-refractivity contribution in [3.8, 4) is 0 Å². The highest BCUT2D eigenvalue weighted by molar-refractivity contribution is 5.95. The van der Waals surface area contributed by atoms with Crippen LogP contribution in [-0.2, 0) is 28.8 Å². The predicted octanol–water partition coefficient (Wildman–Crippen LogP) is -2.46. The van der Waals surface area contributed by atoms with Gasteiger partial charge in [0.2, 0.25) is 29.5 Å². The lowest BCUT2D eigenvalue weighted by atomic mass is 10.1. The molecule has 0 bridgehead atoms. The molecule has 14 heteroatoms. The Morgan fingerprint density at radius 3 is 1.73 bits per heavy atom. The second kappa shape index (κ2) is 15.1. The Morgan fingerprint density at radius 2 is 1.27 bits per heavy atom. The molecule has 1 aliphatic rings. The number of aliphatic carboxylic acids is 1. The van der Waals surface area contributed by atoms with E-state index in [0.29, 0.717) is 38.8 Å². The van der Waals surface area contributed by atoms with Crippen molar-refractivity contribution in [2.24, 2.45) is 11.5 Å². The van der Waals surface area contributed by atoms with Crippen LogP contribution in [0.4, 0.5) is 0 Å². The molecule has 1 rings (SSSR count). The Labute approximate surface area is 216 Å². The number of carboxylic acid groups (broad SMARTS) is 1. The van der Waals surface area contributed by atoms with Gasteiger partial charge in [-0.3, -0.25) is 24.0 Å². The molecule has 5 amide bonds. The molecule has 0 aromatic rings. The van der Waals surface area contributed by atoms with E-state index in [0.717, 1.165) is 6.42 Å². The minimum absolute atomic E-state index is 0.290. The van der Waals surface area contributed by atoms with E-state index in [9.17, 15) is 33.9 Å². The number of nitrogens with two attached hydrogens (primary N) is 2. The van der Waals surface area contributed by atoms with Crippen LogP contribution in [0.5, 0.6) is 0 Å². The Morgan fingerprint density at radius 1 is 0.811 bits per heavy atom. The SMILES string of the molecule is C[C@H](NC(=O)[C@H](C)NC(=O)[C@@H](N)CCCCN)C(=O)N[C@@H](C)C(=O)N[C@@H](C)C(=O)N1CCC[C@H]1C(=O)O. The van der Waals surface area contributed by atoms with Gasteiger partial charge in [0.1, 0.15) is 30.2 Å². The topological polar surface area (TPSA) is 226 Å². The minimum Gasteiger partial charge on any atom is -0.480 e. The summed E-state index contributed by atoms with van der Waals surface area (Å²) in [6, 6.07) is -5.71. The number of amides is 5. The molecular formula is C23H41N7O7. The molecule has 0 aliphatic carbocycles. The molecule has 1 aliphatic heterocycles. The first kappa shape index (κ1) is 31.8. The van der Waals surface area contributed by atoms with Crippen molar-refractivity contribution in [2.75, 3.05) is 13.1 Å². The molecule has 0 unspecified atom stereocenters. The van der Waals surface area contributed by atoms with Crippen molar-refractivity contribution in [2.45, 2.75) is 96.1 Å². The van der Waals surface area contributed by atoms with Crippen LogP contribution in [0.1, 0.15) is 59.8 Å². The van der Waals surface area contributed by atoms with Crippen LogP contribution in [-0.4, -0.2) is 94.9 Å². The van der Waals surface area contributed by atoms with E-state index in [1.54, 1.807) is 0 Å². The highest BCUT2D eigenvalue weighted by atomic mass is 16.4. The van der Waals surface area contributed by atoms with Crippen LogP contribution in [0.25, 0.3) is 0 Å². The molecule has 1 fully saturated rings. The third-order valence-electron chi connectivity index (χ3n) is 6.11. The molecule has 9 N–H and O–H groups in total. The van der Waals surface area contributed by atoms with E-state index in [4.69, 9.17) is 11.5 Å². The van der Waals surface area contributed by atoms with E-state index in [2.05, 4.69) is 21.3 Å². The lowest BCUT2D eigenvalue weighted by molar-refractivity contribution is -0.149. The predicted molar refractivity (Wildman–Crippen MR) is 134 cm³/mol. The van der Waals surface area contributed by atoms with E-state index in [1.807, 2.05) is 0 Å². The van der Waals surface area contributed by atoms with Crippen LogP contribution in [0.15, 0.2) is 0 Å². The number of likely N-dealkylation sites (tertiary alicyclic amines) is 1. The first-order chi connectivity index (χ1) is 17.3. The van der Waals surface area contributed by atoms with Crippen molar-refractivity contribution in [3.63, 3.8) is 0 Å². The Balaban J connectivity index is 2.51. The van der Waals surface area contributed by atoms with Gasteiger partial charge in [0.05, 0.1) is 6.04 Å². The Bertz CT molecular complexity index is 853. The molecule has 1 saturated heterocycles. The minimum atomic E-state index is -1.10. The molecular weight excluding hydrogens is 486 g/mol. The third kappa shape index (κ3) is 9.96. The van der Waals surface area contributed by atoms with E-state index < -0.39 is 71.8 Å². The zero-order valence-corrected chi connectivity index (χ0v) is 21.9. The second-order valence-corrected chi connectivity index (χ2v) is 9.34. The highest BCUT2D eigenvalue weighted by Crippen LogP contribution is 2.18. The quantitative estimate of drug-likeness (QED) is 0.119. The molecule has 210 valence electrons. The van der Waals surface area contributed by atoms with Crippen LogP contribution in [0.2, 0.25) is 0 Å². The summed E-state index contributed by atoms with van der Waals surface area (Å²) in [5.41, 5.74) is 11.2. The number of hydrogen-bond donors (Lipinski definition) is 7. The fourth-order valence-electron chi connectivity index (χ4n) is 3.77. The number of nitrogens with one attached hydrogen (secondary N) is 4. The molecule has 0 saturated carbocycles. The largest absolute Gasteiger partial charge is 0.480 e. The summed E-state index contributed by atoms with van der Waals surface area (Å²) in [4.78, 5) is 74.6. The maximum absolute atomic E-state index is 12.6. The summed E-state index contributed by atoms with van der Waals surface area (Å²) in [6.07, 6.45) is 2.76. The van der Waals surface area contributed by atoms with Gasteiger partial charge in [0, 0.05) is 6.54 Å². The third-order valence-corrected chi connectivity index (χ3v) is 6.11. The van der Waals surface area contributed by atoms with Gasteiger partial charge in [-0.25, -0.2) is 4.79 Å². The molecule has 0 aromatic heterocycles. The lowest BCUT2D eigenvalue weighted by Crippen LogP contribution is -2.57. The summed E-state index contributed by atoms with van der Waals surface area (Å²) in [5, 5.41) is 19.1. The van der Waals surface area contributed by atoms with Gasteiger partial charge >= 0.3 is 5.97 Å². The lowest BCUT2D eigenvalue weighted by Gasteiger charge is -2.26. The summed E-state index contributed by atoms with van der Waals surface area (Å²) in [7, 11) is 0. The number of carbonyl (C=O) groups excluding carboxylic acids is 5. The van der Waals surface area contributed by atoms with Gasteiger partial charge in [0.15, 0.2) is 0 Å². The van der Waals surface area contributed by atoms with Gasteiger partial charge in [0.25, 0.3) is 0 Å². The van der Waals surface area contributed by atoms with Crippen LogP contribution < -0.4 is 32.7 Å². The van der Waals surface area contributed by atoms with E-state index in [1.165, 1.54) is 32.6 Å². The van der Waals surface area contributed by atoms with Crippen molar-refractivity contribution in [3.05, 3.63) is 0 Å². The summed E-state index contributed by atoms with van der Waals surface area (Å²) in [5.74, 6) is -4.03. The number of nitrogens with zero attached hydrogens (tertiary/aromatic N) is 1. The fraction of sp³-hybridized carbons (Fsp3) is 0.739. The zero-order chi connectivity index (χ0) is 28.3. The highest BCUT2D eigenvalue weighted by Gasteiger charge is 2.36. The number of hydrogen-bond acceptors (Lipinski definition) is 8. The molecule has 0 aromatic carbocycles. The fourth-order valence-corrected chi connectivity index (χ4v) is 3.77. The van der Waals surface area contributed by atoms with Crippen molar-refractivity contribution in [1.29, 1.82) is 0 Å². The smallest absolute Gasteiger partial charge is 0.326 e. The molecule has 14 nitrogen and oxygen atoms in total. The summed E-state index contributed by atoms with van der Waals surface area (Å²) in [6.45, 7) is 6.50. The first-order valence-corrected chi connectivity index (χ1v) is 12.5. The van der Waals surface area contributed by atoms with E-state index >= 15 is 0 Å². The van der Waals surface area contributed by atoms with Crippen molar-refractivity contribution >= 4 is 35.5 Å². The molecule has 37 heavy (non-hydrogen) atoms. The first-order valence-electron chi connectivity index (χ1n) is 12.5. The van der Waals surface area contributed by atoms with Gasteiger partial charge < -0.3 is 42.7 Å². The Kier molecular flexibility index (Phi) is 13.0. The van der Waals surface area contributed by atoms with Crippen LogP contribution in [0, 0.1) is 0 Å². The standard InChI is InChI=1S/C23H41N7O7/c1-12(26-19(32)14(3)28-21(34)16(25)8-5-6-10-24)18(31)27-13(2)20(33)29-15(4)22(35)30-11-7-9-17(30)23(36)37/h12-17H,5-11,24-25H2,1-4H3,(H,26,32)(H,27,31)(H,28,34)(H,29,33)(H,36,37)/t12-,13-,14-,15-,16-,17-/m0/s1. The Hall–Kier alpha value is -3.26. The summed E-state index contributed by atoms with van der Waals surface area (Å²) < 4.78 is 0. The second-order valence-electron chi connectivity index (χ2n) is 9.34. The molecule has 0 radical (unpaired) electrons. The monoisotopic (exact) mass is 527 g/mol. The average molecular weight is 528 g/mol. The van der Waals surface area contributed by atoms with Crippen molar-refractivity contribution in [1.82, 2.24) is 26.2 Å². The summed E-state index contributed by atoms with van der Waals surface area (Å²) >= 11 is 0. The van der Waals surface area contributed by atoms with Gasteiger partial charge in [-0.1, -0.05) is 6.42 Å². The number of carboxylic acids is 1. The van der Waals surface area contributed by atoms with Gasteiger partial charge in [-0.05, 0) is 59.9 Å².